The highest BCUT2D eigenvalue weighted by Crippen LogP contribution is 2.20. The van der Waals surface area contributed by atoms with Gasteiger partial charge in [0.1, 0.15) is 0 Å². The van der Waals surface area contributed by atoms with E-state index >= 15 is 0 Å². The molecule has 1 rings (SSSR count). The van der Waals surface area contributed by atoms with Gasteiger partial charge >= 0.3 is 0 Å². The maximum Gasteiger partial charge on any atom is 0.0621 e. The zero-order chi connectivity index (χ0) is 13.2. The van der Waals surface area contributed by atoms with Crippen molar-refractivity contribution < 1.29 is 4.18 Å². The standard InChI is InChI=1S/C16H26OS/c1-14(2)8-7-9-15(3)12-13-17-18-16-10-5-4-6-11-16/h4-6,10-11,14-15H,7-9,12-13H2,1-3H3/t15-/m1/s1. The van der Waals surface area contributed by atoms with Gasteiger partial charge in [-0.3, -0.25) is 0 Å². The van der Waals surface area contributed by atoms with Gasteiger partial charge in [0.2, 0.25) is 0 Å². The Morgan fingerprint density at radius 2 is 1.72 bits per heavy atom. The van der Waals surface area contributed by atoms with Gasteiger partial charge in [-0.25, -0.2) is 0 Å². The Labute approximate surface area is 117 Å². The molecule has 0 amide bonds. The number of hydrogen-bond donors (Lipinski definition) is 0. The first-order chi connectivity index (χ1) is 8.68. The van der Waals surface area contributed by atoms with E-state index in [1.54, 1.807) is 0 Å². The largest absolute Gasteiger partial charge is 0.310 e. The van der Waals surface area contributed by atoms with Crippen molar-refractivity contribution in [1.82, 2.24) is 0 Å². The summed E-state index contributed by atoms with van der Waals surface area (Å²) in [5, 5.41) is 0. The van der Waals surface area contributed by atoms with Crippen LogP contribution in [0.2, 0.25) is 0 Å². The van der Waals surface area contributed by atoms with E-state index in [-0.39, 0.29) is 0 Å². The van der Waals surface area contributed by atoms with E-state index in [9.17, 15) is 0 Å². The molecule has 0 aromatic heterocycles. The predicted molar refractivity (Wildman–Crippen MR) is 80.7 cm³/mol. The summed E-state index contributed by atoms with van der Waals surface area (Å²) in [6, 6.07) is 10.3. The van der Waals surface area contributed by atoms with Gasteiger partial charge in [0.05, 0.1) is 6.61 Å². The van der Waals surface area contributed by atoms with Crippen molar-refractivity contribution in [2.75, 3.05) is 6.61 Å². The van der Waals surface area contributed by atoms with E-state index < -0.39 is 0 Å². The highest BCUT2D eigenvalue weighted by atomic mass is 32.2. The van der Waals surface area contributed by atoms with Crippen LogP contribution in [0.4, 0.5) is 0 Å². The van der Waals surface area contributed by atoms with Crippen molar-refractivity contribution in [3.8, 4) is 0 Å². The number of benzene rings is 1. The number of rotatable bonds is 9. The molecule has 2 heteroatoms. The molecule has 102 valence electrons. The topological polar surface area (TPSA) is 9.23 Å². The first-order valence-corrected chi connectivity index (χ1v) is 7.77. The summed E-state index contributed by atoms with van der Waals surface area (Å²) in [4.78, 5) is 1.19. The van der Waals surface area contributed by atoms with Crippen molar-refractivity contribution in [3.05, 3.63) is 30.3 Å². The molecule has 0 aliphatic rings. The molecule has 0 radical (unpaired) electrons. The Morgan fingerprint density at radius 3 is 2.39 bits per heavy atom. The number of hydrogen-bond acceptors (Lipinski definition) is 2. The molecule has 1 aromatic carbocycles. The summed E-state index contributed by atoms with van der Waals surface area (Å²) in [6.07, 6.45) is 5.20. The molecule has 0 N–H and O–H groups in total. The smallest absolute Gasteiger partial charge is 0.0621 e. The van der Waals surface area contributed by atoms with Crippen molar-refractivity contribution in [2.45, 2.75) is 51.3 Å². The lowest BCUT2D eigenvalue weighted by molar-refractivity contribution is 0.313. The second kappa shape index (κ2) is 9.46. The molecule has 0 unspecified atom stereocenters. The van der Waals surface area contributed by atoms with Crippen LogP contribution in [0.25, 0.3) is 0 Å². The third-order valence-corrected chi connectivity index (χ3v) is 3.82. The molecule has 0 saturated carbocycles. The van der Waals surface area contributed by atoms with Crippen LogP contribution in [-0.4, -0.2) is 6.61 Å². The van der Waals surface area contributed by atoms with E-state index in [4.69, 9.17) is 4.18 Å². The van der Waals surface area contributed by atoms with Crippen LogP contribution < -0.4 is 0 Å². The fraction of sp³-hybridized carbons (Fsp3) is 0.625. The van der Waals surface area contributed by atoms with E-state index in [0.29, 0.717) is 0 Å². The molecular formula is C16H26OS. The van der Waals surface area contributed by atoms with E-state index in [0.717, 1.165) is 24.9 Å². The molecule has 18 heavy (non-hydrogen) atoms. The van der Waals surface area contributed by atoms with Gasteiger partial charge in [-0.15, -0.1) is 0 Å². The monoisotopic (exact) mass is 266 g/mol. The normalized spacial score (nSPS) is 12.9. The van der Waals surface area contributed by atoms with Crippen molar-refractivity contribution in [1.29, 1.82) is 0 Å². The van der Waals surface area contributed by atoms with Gasteiger partial charge in [0.25, 0.3) is 0 Å². The minimum Gasteiger partial charge on any atom is -0.310 e. The minimum atomic E-state index is 0.778. The fourth-order valence-corrected chi connectivity index (χ4v) is 2.44. The Morgan fingerprint density at radius 1 is 1.00 bits per heavy atom. The van der Waals surface area contributed by atoms with Gasteiger partial charge in [0, 0.05) is 16.9 Å². The van der Waals surface area contributed by atoms with Crippen LogP contribution >= 0.6 is 12.0 Å². The van der Waals surface area contributed by atoms with Crippen LogP contribution in [0.15, 0.2) is 35.2 Å². The fourth-order valence-electron chi connectivity index (χ4n) is 1.85. The average Bonchev–Trinajstić information content (AvgIpc) is 2.35. The highest BCUT2D eigenvalue weighted by Gasteiger charge is 2.03. The van der Waals surface area contributed by atoms with Crippen molar-refractivity contribution in [2.24, 2.45) is 11.8 Å². The molecule has 0 saturated heterocycles. The first-order valence-electron chi connectivity index (χ1n) is 7.03. The molecule has 0 spiro atoms. The van der Waals surface area contributed by atoms with E-state index in [1.807, 2.05) is 18.2 Å². The molecule has 0 aliphatic carbocycles. The minimum absolute atomic E-state index is 0.778. The maximum atomic E-state index is 5.63. The molecule has 1 aromatic rings. The second-order valence-electron chi connectivity index (χ2n) is 5.44. The second-order valence-corrected chi connectivity index (χ2v) is 6.31. The zero-order valence-corrected chi connectivity index (χ0v) is 12.7. The Bertz CT molecular complexity index is 297. The van der Waals surface area contributed by atoms with Gasteiger partial charge in [-0.05, 0) is 30.4 Å². The van der Waals surface area contributed by atoms with E-state index in [2.05, 4.69) is 32.9 Å². The van der Waals surface area contributed by atoms with Crippen LogP contribution in [-0.2, 0) is 4.18 Å². The third-order valence-electron chi connectivity index (χ3n) is 3.07. The maximum absolute atomic E-state index is 5.63. The Balaban J connectivity index is 2.00. The van der Waals surface area contributed by atoms with Crippen LogP contribution in [0, 0.1) is 11.8 Å². The summed E-state index contributed by atoms with van der Waals surface area (Å²) >= 11 is 1.49. The summed E-state index contributed by atoms with van der Waals surface area (Å²) in [5.41, 5.74) is 0. The molecule has 1 nitrogen and oxygen atoms in total. The quantitative estimate of drug-likeness (QED) is 0.427. The molecule has 0 fully saturated rings. The molecule has 0 heterocycles. The Kier molecular flexibility index (Phi) is 8.19. The summed E-state index contributed by atoms with van der Waals surface area (Å²) < 4.78 is 5.63. The lowest BCUT2D eigenvalue weighted by atomic mass is 9.98. The molecule has 1 atom stereocenters. The average molecular weight is 266 g/mol. The van der Waals surface area contributed by atoms with Crippen molar-refractivity contribution >= 4 is 12.0 Å². The summed E-state index contributed by atoms with van der Waals surface area (Å²) in [6.45, 7) is 7.77. The van der Waals surface area contributed by atoms with Gasteiger partial charge in [-0.1, -0.05) is 58.2 Å². The Hall–Kier alpha value is -0.470. The zero-order valence-electron chi connectivity index (χ0n) is 11.9. The van der Waals surface area contributed by atoms with Gasteiger partial charge < -0.3 is 4.18 Å². The third kappa shape index (κ3) is 7.78. The van der Waals surface area contributed by atoms with Gasteiger partial charge in [0.15, 0.2) is 0 Å². The predicted octanol–water partition coefficient (Wildman–Crippen LogP) is 5.56. The van der Waals surface area contributed by atoms with Crippen molar-refractivity contribution in [3.63, 3.8) is 0 Å². The summed E-state index contributed by atoms with van der Waals surface area (Å²) in [7, 11) is 0. The molecule has 0 bridgehead atoms. The van der Waals surface area contributed by atoms with Crippen LogP contribution in [0.1, 0.15) is 46.5 Å². The van der Waals surface area contributed by atoms with Crippen LogP contribution in [0.5, 0.6) is 0 Å². The summed E-state index contributed by atoms with van der Waals surface area (Å²) in [5.74, 6) is 1.61. The highest BCUT2D eigenvalue weighted by molar-refractivity contribution is 7.94. The molecular weight excluding hydrogens is 240 g/mol. The lowest BCUT2D eigenvalue weighted by Crippen LogP contribution is -2.00. The van der Waals surface area contributed by atoms with Crippen LogP contribution in [0.3, 0.4) is 0 Å². The first kappa shape index (κ1) is 15.6. The molecule has 0 aliphatic heterocycles. The van der Waals surface area contributed by atoms with Gasteiger partial charge in [-0.2, -0.15) is 0 Å². The SMILES string of the molecule is CC(C)CCC[C@@H](C)CCOSc1ccccc1. The van der Waals surface area contributed by atoms with E-state index in [1.165, 1.54) is 36.2 Å². The lowest BCUT2D eigenvalue weighted by Gasteiger charge is -2.11.